The topological polar surface area (TPSA) is 12.9 Å². The summed E-state index contributed by atoms with van der Waals surface area (Å²) in [5, 5.41) is 0. The van der Waals surface area contributed by atoms with E-state index in [4.69, 9.17) is 0 Å². The molecule has 1 heteroatoms. The minimum atomic E-state index is 1.08. The predicted molar refractivity (Wildman–Crippen MR) is 38.4 cm³/mol. The SMILES string of the molecule is CCc1cnccc1C. The third-order valence-electron chi connectivity index (χ3n) is 1.53. The molecule has 0 radical (unpaired) electrons. The van der Waals surface area contributed by atoms with Crippen molar-refractivity contribution in [1.29, 1.82) is 0 Å². The minimum Gasteiger partial charge on any atom is -0.264 e. The first-order chi connectivity index (χ1) is 4.34. The van der Waals surface area contributed by atoms with Crippen molar-refractivity contribution in [1.82, 2.24) is 4.98 Å². The number of nitrogens with zero attached hydrogens (tertiary/aromatic N) is 1. The van der Waals surface area contributed by atoms with Gasteiger partial charge in [0.15, 0.2) is 0 Å². The first kappa shape index (κ1) is 6.27. The molecule has 0 bridgehead atoms. The van der Waals surface area contributed by atoms with Crippen LogP contribution in [-0.4, -0.2) is 4.98 Å². The molecule has 0 aliphatic rings. The Morgan fingerprint density at radius 3 is 2.78 bits per heavy atom. The average Bonchev–Trinajstić information content (AvgIpc) is 1.89. The van der Waals surface area contributed by atoms with Gasteiger partial charge in [0.2, 0.25) is 0 Å². The molecule has 1 aromatic heterocycles. The summed E-state index contributed by atoms with van der Waals surface area (Å²) < 4.78 is 0. The summed E-state index contributed by atoms with van der Waals surface area (Å²) in [7, 11) is 0. The Morgan fingerprint density at radius 2 is 2.33 bits per heavy atom. The van der Waals surface area contributed by atoms with Crippen molar-refractivity contribution in [3.05, 3.63) is 29.6 Å². The van der Waals surface area contributed by atoms with Crippen LogP contribution in [0, 0.1) is 6.92 Å². The van der Waals surface area contributed by atoms with E-state index in [9.17, 15) is 0 Å². The third kappa shape index (κ3) is 1.28. The number of pyridine rings is 1. The highest BCUT2D eigenvalue weighted by Crippen LogP contribution is 2.03. The molecule has 0 unspecified atom stereocenters. The van der Waals surface area contributed by atoms with Gasteiger partial charge >= 0.3 is 0 Å². The van der Waals surface area contributed by atoms with Crippen LogP contribution >= 0.6 is 0 Å². The Bertz CT molecular complexity index is 194. The van der Waals surface area contributed by atoms with Crippen molar-refractivity contribution in [2.45, 2.75) is 20.3 Å². The molecule has 48 valence electrons. The summed E-state index contributed by atoms with van der Waals surface area (Å²) in [6.45, 7) is 4.25. The number of aryl methyl sites for hydroxylation is 2. The molecule has 0 fully saturated rings. The first-order valence-corrected chi connectivity index (χ1v) is 3.24. The molecule has 0 aliphatic carbocycles. The third-order valence-corrected chi connectivity index (χ3v) is 1.53. The van der Waals surface area contributed by atoms with E-state index < -0.39 is 0 Å². The first-order valence-electron chi connectivity index (χ1n) is 3.24. The lowest BCUT2D eigenvalue weighted by Gasteiger charge is -1.97. The van der Waals surface area contributed by atoms with Crippen LogP contribution in [0.4, 0.5) is 0 Å². The summed E-state index contributed by atoms with van der Waals surface area (Å²) >= 11 is 0. The van der Waals surface area contributed by atoms with Gasteiger partial charge in [-0.2, -0.15) is 0 Å². The van der Waals surface area contributed by atoms with Crippen molar-refractivity contribution >= 4 is 0 Å². The monoisotopic (exact) mass is 121 g/mol. The summed E-state index contributed by atoms with van der Waals surface area (Å²) in [4.78, 5) is 4.02. The Labute approximate surface area is 55.7 Å². The van der Waals surface area contributed by atoms with Crippen molar-refractivity contribution in [3.8, 4) is 0 Å². The van der Waals surface area contributed by atoms with Crippen LogP contribution in [0.1, 0.15) is 18.1 Å². The Balaban J connectivity index is 3.01. The number of hydrogen-bond acceptors (Lipinski definition) is 1. The fraction of sp³-hybridized carbons (Fsp3) is 0.375. The summed E-state index contributed by atoms with van der Waals surface area (Å²) in [5.41, 5.74) is 2.69. The molecule has 0 aromatic carbocycles. The maximum atomic E-state index is 4.02. The van der Waals surface area contributed by atoms with Gasteiger partial charge in [-0.3, -0.25) is 4.98 Å². The Morgan fingerprint density at radius 1 is 1.56 bits per heavy atom. The van der Waals surface area contributed by atoms with Gasteiger partial charge in [0.25, 0.3) is 0 Å². The summed E-state index contributed by atoms with van der Waals surface area (Å²) in [5.74, 6) is 0. The molecule has 1 heterocycles. The molecule has 0 amide bonds. The predicted octanol–water partition coefficient (Wildman–Crippen LogP) is 1.95. The summed E-state index contributed by atoms with van der Waals surface area (Å²) in [6.07, 6.45) is 4.84. The number of aromatic nitrogens is 1. The smallest absolute Gasteiger partial charge is 0.0302 e. The van der Waals surface area contributed by atoms with Crippen molar-refractivity contribution in [3.63, 3.8) is 0 Å². The lowest BCUT2D eigenvalue weighted by Crippen LogP contribution is -1.85. The van der Waals surface area contributed by atoms with Crippen LogP contribution in [0.15, 0.2) is 18.5 Å². The van der Waals surface area contributed by atoms with Crippen LogP contribution in [0.2, 0.25) is 0 Å². The van der Waals surface area contributed by atoms with E-state index in [2.05, 4.69) is 18.8 Å². The van der Waals surface area contributed by atoms with Gasteiger partial charge in [0, 0.05) is 12.4 Å². The lowest BCUT2D eigenvalue weighted by molar-refractivity contribution is 1.07. The molecule has 0 saturated carbocycles. The van der Waals surface area contributed by atoms with Gasteiger partial charge < -0.3 is 0 Å². The van der Waals surface area contributed by atoms with E-state index in [1.807, 2.05) is 18.5 Å². The molecule has 1 rings (SSSR count). The van der Waals surface area contributed by atoms with E-state index in [1.165, 1.54) is 11.1 Å². The maximum Gasteiger partial charge on any atom is 0.0302 e. The zero-order valence-electron chi connectivity index (χ0n) is 5.89. The molecule has 1 aromatic rings. The van der Waals surface area contributed by atoms with Gasteiger partial charge in [0.05, 0.1) is 0 Å². The Kier molecular flexibility index (Phi) is 1.83. The van der Waals surface area contributed by atoms with Crippen molar-refractivity contribution < 1.29 is 0 Å². The van der Waals surface area contributed by atoms with Gasteiger partial charge in [-0.1, -0.05) is 6.92 Å². The van der Waals surface area contributed by atoms with Crippen LogP contribution in [0.25, 0.3) is 0 Å². The standard InChI is InChI=1S/C8H11N/c1-3-8-6-9-5-4-7(8)2/h4-6H,3H2,1-2H3. The van der Waals surface area contributed by atoms with Gasteiger partial charge in [-0.15, -0.1) is 0 Å². The largest absolute Gasteiger partial charge is 0.264 e. The number of hydrogen-bond donors (Lipinski definition) is 0. The highest BCUT2D eigenvalue weighted by atomic mass is 14.6. The molecule has 9 heavy (non-hydrogen) atoms. The van der Waals surface area contributed by atoms with Crippen molar-refractivity contribution in [2.24, 2.45) is 0 Å². The molecule has 0 N–H and O–H groups in total. The van der Waals surface area contributed by atoms with E-state index in [-0.39, 0.29) is 0 Å². The molecule has 0 saturated heterocycles. The highest BCUT2D eigenvalue weighted by Gasteiger charge is 1.90. The van der Waals surface area contributed by atoms with E-state index in [0.29, 0.717) is 0 Å². The van der Waals surface area contributed by atoms with E-state index in [1.54, 1.807) is 0 Å². The number of rotatable bonds is 1. The quantitative estimate of drug-likeness (QED) is 0.553. The fourth-order valence-electron chi connectivity index (χ4n) is 0.867. The van der Waals surface area contributed by atoms with Gasteiger partial charge in [-0.25, -0.2) is 0 Å². The second-order valence-electron chi connectivity index (χ2n) is 2.16. The maximum absolute atomic E-state index is 4.02. The second kappa shape index (κ2) is 2.62. The highest BCUT2D eigenvalue weighted by molar-refractivity contribution is 5.20. The molecular weight excluding hydrogens is 110 g/mol. The average molecular weight is 121 g/mol. The van der Waals surface area contributed by atoms with Crippen LogP contribution in [-0.2, 0) is 6.42 Å². The molecule has 0 atom stereocenters. The minimum absolute atomic E-state index is 1.08. The van der Waals surface area contributed by atoms with E-state index in [0.717, 1.165) is 6.42 Å². The van der Waals surface area contributed by atoms with Crippen LogP contribution in [0.5, 0.6) is 0 Å². The normalized spacial score (nSPS) is 9.56. The molecule has 1 nitrogen and oxygen atoms in total. The van der Waals surface area contributed by atoms with Crippen LogP contribution in [0.3, 0.4) is 0 Å². The van der Waals surface area contributed by atoms with Gasteiger partial charge in [0.1, 0.15) is 0 Å². The zero-order chi connectivity index (χ0) is 6.69. The van der Waals surface area contributed by atoms with E-state index >= 15 is 0 Å². The Hall–Kier alpha value is -0.850. The fourth-order valence-corrected chi connectivity index (χ4v) is 0.867. The molecular formula is C8H11N. The second-order valence-corrected chi connectivity index (χ2v) is 2.16. The van der Waals surface area contributed by atoms with Crippen LogP contribution < -0.4 is 0 Å². The summed E-state index contributed by atoms with van der Waals surface area (Å²) in [6, 6.07) is 2.04. The lowest BCUT2D eigenvalue weighted by atomic mass is 10.1. The molecule has 0 spiro atoms. The zero-order valence-corrected chi connectivity index (χ0v) is 5.89. The molecule has 0 aliphatic heterocycles. The van der Waals surface area contributed by atoms with Crippen molar-refractivity contribution in [2.75, 3.05) is 0 Å². The van der Waals surface area contributed by atoms with Gasteiger partial charge in [-0.05, 0) is 30.5 Å².